The normalized spacial score (nSPS) is 12.9. The zero-order valence-corrected chi connectivity index (χ0v) is 27.2. The highest BCUT2D eigenvalue weighted by atomic mass is 16.4. The molecule has 6 N–H and O–H groups in total. The van der Waals surface area contributed by atoms with Crippen molar-refractivity contribution in [2.45, 2.75) is 34.2 Å². The second-order valence-electron chi connectivity index (χ2n) is 11.5. The van der Waals surface area contributed by atoms with Crippen molar-refractivity contribution in [3.8, 4) is 11.1 Å². The Hall–Kier alpha value is -5.33. The number of anilines is 2. The Morgan fingerprint density at radius 3 is 1.91 bits per heavy atom. The van der Waals surface area contributed by atoms with E-state index in [1.54, 1.807) is 12.3 Å². The highest BCUT2D eigenvalue weighted by Gasteiger charge is 2.22. The average molecular weight is 641 g/mol. The molecule has 2 amide bonds. The molecule has 0 aliphatic carbocycles. The van der Waals surface area contributed by atoms with Crippen molar-refractivity contribution in [2.75, 3.05) is 43.9 Å². The standard InChI is InChI=1S/C35H40N6O6/c1-20-12-30(38-16-24(20)14-36-17-32(42)43)34(46)39-28-10-6-8-26(22(28)3)27-9-7-11-29(23(27)4)40-35(47)31-13-21(2)25(19-41(31)5)15-37-18-33(44)45/h6-13,16,36-37H,14-15,17-19H2,1-5H3,(H,39,46)(H,40,47)(H,42,43)(H,44,45). The predicted octanol–water partition coefficient (Wildman–Crippen LogP) is 3.86. The number of aryl methyl sites for hydroxylation is 1. The molecule has 12 nitrogen and oxygen atoms in total. The molecule has 2 aromatic carbocycles. The number of amides is 2. The molecular formula is C35H40N6O6. The number of hydrogen-bond donors (Lipinski definition) is 6. The summed E-state index contributed by atoms with van der Waals surface area (Å²) in [5, 5.41) is 29.5. The lowest BCUT2D eigenvalue weighted by Crippen LogP contribution is -2.35. The van der Waals surface area contributed by atoms with Gasteiger partial charge in [0.15, 0.2) is 0 Å². The fraction of sp³-hybridized carbons (Fsp3) is 0.286. The second kappa shape index (κ2) is 15.3. The fourth-order valence-corrected chi connectivity index (χ4v) is 5.36. The Labute approximate surface area is 273 Å². The number of rotatable bonds is 13. The number of aliphatic carboxylic acids is 2. The monoisotopic (exact) mass is 640 g/mol. The van der Waals surface area contributed by atoms with Crippen molar-refractivity contribution in [1.82, 2.24) is 20.5 Å². The van der Waals surface area contributed by atoms with Crippen LogP contribution in [0.25, 0.3) is 11.1 Å². The lowest BCUT2D eigenvalue weighted by atomic mass is 9.94. The van der Waals surface area contributed by atoms with Crippen LogP contribution >= 0.6 is 0 Å². The molecule has 0 atom stereocenters. The van der Waals surface area contributed by atoms with Gasteiger partial charge in [0.25, 0.3) is 11.8 Å². The number of hydrogen-bond acceptors (Lipinski definition) is 8. The van der Waals surface area contributed by atoms with E-state index in [-0.39, 0.29) is 30.6 Å². The summed E-state index contributed by atoms with van der Waals surface area (Å²) in [6.07, 6.45) is 3.38. The average Bonchev–Trinajstić information content (AvgIpc) is 3.01. The predicted molar refractivity (Wildman–Crippen MR) is 180 cm³/mol. The summed E-state index contributed by atoms with van der Waals surface area (Å²) in [6, 6.07) is 13.0. The third-order valence-corrected chi connectivity index (χ3v) is 8.10. The van der Waals surface area contributed by atoms with Crippen LogP contribution in [0.4, 0.5) is 11.4 Å². The van der Waals surface area contributed by atoms with E-state index in [1.807, 2.05) is 82.1 Å². The molecule has 3 aromatic rings. The molecule has 2 heterocycles. The molecule has 1 aliphatic heterocycles. The van der Waals surface area contributed by atoms with E-state index in [0.29, 0.717) is 36.7 Å². The van der Waals surface area contributed by atoms with Crippen LogP contribution in [0.2, 0.25) is 0 Å². The maximum Gasteiger partial charge on any atom is 0.317 e. The smallest absolute Gasteiger partial charge is 0.317 e. The highest BCUT2D eigenvalue weighted by Crippen LogP contribution is 2.34. The summed E-state index contributed by atoms with van der Waals surface area (Å²) < 4.78 is 0. The van der Waals surface area contributed by atoms with Crippen molar-refractivity contribution >= 4 is 35.1 Å². The zero-order chi connectivity index (χ0) is 34.2. The molecule has 0 fully saturated rings. The first-order chi connectivity index (χ1) is 22.3. The van der Waals surface area contributed by atoms with Crippen LogP contribution in [0.5, 0.6) is 0 Å². The van der Waals surface area contributed by atoms with E-state index in [9.17, 15) is 19.2 Å². The van der Waals surface area contributed by atoms with Gasteiger partial charge in [0, 0.05) is 44.3 Å². The summed E-state index contributed by atoms with van der Waals surface area (Å²) in [4.78, 5) is 54.3. The summed E-state index contributed by atoms with van der Waals surface area (Å²) in [7, 11) is 1.83. The summed E-state index contributed by atoms with van der Waals surface area (Å²) >= 11 is 0. The number of pyridine rings is 1. The van der Waals surface area contributed by atoms with Crippen molar-refractivity contribution in [1.29, 1.82) is 0 Å². The Bertz CT molecular complexity index is 1780. The zero-order valence-electron chi connectivity index (χ0n) is 27.2. The van der Waals surface area contributed by atoms with Crippen molar-refractivity contribution < 1.29 is 29.4 Å². The van der Waals surface area contributed by atoms with E-state index < -0.39 is 11.9 Å². The molecule has 12 heteroatoms. The quantitative estimate of drug-likeness (QED) is 0.161. The van der Waals surface area contributed by atoms with Crippen LogP contribution in [-0.2, 0) is 20.9 Å². The number of carboxylic acids is 2. The first-order valence-corrected chi connectivity index (χ1v) is 15.1. The number of benzene rings is 2. The van der Waals surface area contributed by atoms with Gasteiger partial charge in [-0.25, -0.2) is 0 Å². The van der Waals surface area contributed by atoms with Gasteiger partial charge in [0.1, 0.15) is 11.4 Å². The molecule has 0 saturated carbocycles. The van der Waals surface area contributed by atoms with Crippen molar-refractivity contribution in [2.24, 2.45) is 0 Å². The van der Waals surface area contributed by atoms with Crippen molar-refractivity contribution in [3.05, 3.63) is 99.5 Å². The van der Waals surface area contributed by atoms with Gasteiger partial charge in [-0.15, -0.1) is 0 Å². The first-order valence-electron chi connectivity index (χ1n) is 15.1. The number of carboxylic acid groups (broad SMARTS) is 2. The number of aromatic nitrogens is 1. The molecule has 0 bridgehead atoms. The fourth-order valence-electron chi connectivity index (χ4n) is 5.36. The van der Waals surface area contributed by atoms with Gasteiger partial charge in [0.05, 0.1) is 13.1 Å². The molecule has 1 aliphatic rings. The number of likely N-dealkylation sites (N-methyl/N-ethyl adjacent to an activating group) is 1. The molecule has 1 aromatic heterocycles. The van der Waals surface area contributed by atoms with Gasteiger partial charge in [-0.3, -0.25) is 24.2 Å². The van der Waals surface area contributed by atoms with E-state index in [1.165, 1.54) is 0 Å². The van der Waals surface area contributed by atoms with E-state index in [0.717, 1.165) is 44.5 Å². The van der Waals surface area contributed by atoms with Crippen LogP contribution < -0.4 is 21.3 Å². The Morgan fingerprint density at radius 1 is 0.809 bits per heavy atom. The molecule has 0 unspecified atom stereocenters. The maximum absolute atomic E-state index is 13.4. The van der Waals surface area contributed by atoms with Crippen LogP contribution in [0, 0.1) is 20.8 Å². The summed E-state index contributed by atoms with van der Waals surface area (Å²) in [6.45, 7) is 8.55. The summed E-state index contributed by atoms with van der Waals surface area (Å²) in [5.74, 6) is -2.50. The number of nitrogens with zero attached hydrogens (tertiary/aromatic N) is 2. The third-order valence-electron chi connectivity index (χ3n) is 8.10. The number of carbonyl (C=O) groups excluding carboxylic acids is 2. The second-order valence-corrected chi connectivity index (χ2v) is 11.5. The Morgan fingerprint density at radius 2 is 1.36 bits per heavy atom. The first kappa shape index (κ1) is 34.5. The number of allylic oxidation sites excluding steroid dienone is 2. The van der Waals surface area contributed by atoms with Crippen LogP contribution in [0.3, 0.4) is 0 Å². The maximum atomic E-state index is 13.4. The molecular weight excluding hydrogens is 600 g/mol. The topological polar surface area (TPSA) is 173 Å². The molecule has 0 spiro atoms. The number of nitrogens with one attached hydrogen (secondary N) is 4. The molecule has 47 heavy (non-hydrogen) atoms. The summed E-state index contributed by atoms with van der Waals surface area (Å²) in [5.41, 5.74) is 9.08. The van der Waals surface area contributed by atoms with Gasteiger partial charge < -0.3 is 36.4 Å². The lowest BCUT2D eigenvalue weighted by molar-refractivity contribution is -0.136. The molecule has 0 saturated heterocycles. The van der Waals surface area contributed by atoms with Crippen LogP contribution in [0.15, 0.2) is 71.6 Å². The van der Waals surface area contributed by atoms with E-state index in [4.69, 9.17) is 10.2 Å². The molecule has 246 valence electrons. The van der Waals surface area contributed by atoms with Gasteiger partial charge in [-0.2, -0.15) is 0 Å². The third kappa shape index (κ3) is 8.69. The van der Waals surface area contributed by atoms with Gasteiger partial charge in [-0.05, 0) is 96.5 Å². The van der Waals surface area contributed by atoms with E-state index in [2.05, 4.69) is 26.3 Å². The van der Waals surface area contributed by atoms with Gasteiger partial charge in [0.2, 0.25) is 0 Å². The Kier molecular flexibility index (Phi) is 11.2. The lowest BCUT2D eigenvalue weighted by Gasteiger charge is -2.29. The Balaban J connectivity index is 1.50. The molecule has 4 rings (SSSR count). The van der Waals surface area contributed by atoms with Crippen LogP contribution in [-0.4, -0.2) is 77.1 Å². The largest absolute Gasteiger partial charge is 0.480 e. The van der Waals surface area contributed by atoms with Crippen LogP contribution in [0.1, 0.15) is 39.7 Å². The SMILES string of the molecule is CC1=C(CNCC(=O)O)CN(C)C(C(=O)Nc2cccc(-c3cccc(NC(=O)c4cc(C)c(CNCC(=O)O)cn4)c3C)c2C)=C1. The minimum absolute atomic E-state index is 0.135. The minimum Gasteiger partial charge on any atom is -0.480 e. The molecule has 0 radical (unpaired) electrons. The number of carbonyl (C=O) groups is 4. The van der Waals surface area contributed by atoms with Gasteiger partial charge >= 0.3 is 11.9 Å². The minimum atomic E-state index is -0.950. The van der Waals surface area contributed by atoms with Gasteiger partial charge in [-0.1, -0.05) is 24.3 Å². The van der Waals surface area contributed by atoms with E-state index >= 15 is 0 Å². The highest BCUT2D eigenvalue weighted by molar-refractivity contribution is 6.05. The van der Waals surface area contributed by atoms with Crippen molar-refractivity contribution in [3.63, 3.8) is 0 Å².